The summed E-state index contributed by atoms with van der Waals surface area (Å²) in [5, 5.41) is 2.00. The van der Waals surface area contributed by atoms with Gasteiger partial charge in [0.25, 0.3) is 0 Å². The highest BCUT2D eigenvalue weighted by molar-refractivity contribution is 7.14. The maximum Gasteiger partial charge on any atom is 0.338 e. The van der Waals surface area contributed by atoms with Crippen LogP contribution < -0.4 is 9.47 Å². The Balaban J connectivity index is 2.00. The van der Waals surface area contributed by atoms with Gasteiger partial charge in [-0.2, -0.15) is 0 Å². The van der Waals surface area contributed by atoms with Crippen LogP contribution in [0.3, 0.4) is 0 Å². The van der Waals surface area contributed by atoms with Gasteiger partial charge in [0, 0.05) is 10.9 Å². The summed E-state index contributed by atoms with van der Waals surface area (Å²) in [4.78, 5) is 13.4. The smallest absolute Gasteiger partial charge is 0.338 e. The molecule has 1 aliphatic heterocycles. The molecule has 144 valence electrons. The van der Waals surface area contributed by atoms with E-state index in [2.05, 4.69) is 26.0 Å². The average Bonchev–Trinajstić information content (AvgIpc) is 3.16. The number of hydrogen-bond donors (Lipinski definition) is 0. The molecule has 0 fully saturated rings. The molecule has 0 spiro atoms. The fourth-order valence-electron chi connectivity index (χ4n) is 3.57. The van der Waals surface area contributed by atoms with Crippen molar-refractivity contribution in [2.45, 2.75) is 19.8 Å². The summed E-state index contributed by atoms with van der Waals surface area (Å²) in [6, 6.07) is 13.8. The highest BCUT2D eigenvalue weighted by atomic mass is 32.1. The molecule has 0 N–H and O–H groups in total. The Hall–Kier alpha value is -2.79. The number of thiophene rings is 1. The van der Waals surface area contributed by atoms with E-state index in [1.165, 1.54) is 12.7 Å². The van der Waals surface area contributed by atoms with Crippen molar-refractivity contribution in [2.24, 2.45) is 0 Å². The van der Waals surface area contributed by atoms with Gasteiger partial charge in [-0.15, -0.1) is 11.3 Å². The molecule has 0 aliphatic carbocycles. The lowest BCUT2D eigenvalue weighted by Crippen LogP contribution is -2.14. The number of carbonyl (C=O) groups is 1. The Bertz CT molecular complexity index is 1020. The van der Waals surface area contributed by atoms with Gasteiger partial charge >= 0.3 is 5.97 Å². The molecule has 4 nitrogen and oxygen atoms in total. The van der Waals surface area contributed by atoms with E-state index in [9.17, 15) is 4.79 Å². The lowest BCUT2D eigenvalue weighted by Gasteiger charge is -2.21. The molecule has 1 aliphatic rings. The Morgan fingerprint density at radius 2 is 1.79 bits per heavy atom. The van der Waals surface area contributed by atoms with E-state index in [0.717, 1.165) is 33.1 Å². The molecule has 0 bridgehead atoms. The zero-order chi connectivity index (χ0) is 19.7. The van der Waals surface area contributed by atoms with Crippen LogP contribution in [0.5, 0.6) is 11.5 Å². The number of ether oxygens (including phenoxy) is 3. The molecular formula is C23H22O4S. The molecule has 1 aromatic heterocycles. The number of esters is 1. The van der Waals surface area contributed by atoms with Crippen LogP contribution in [-0.4, -0.2) is 26.3 Å². The van der Waals surface area contributed by atoms with E-state index < -0.39 is 0 Å². The summed E-state index contributed by atoms with van der Waals surface area (Å²) in [5.41, 5.74) is 4.69. The minimum atomic E-state index is -0.343. The second-order valence-corrected chi connectivity index (χ2v) is 7.80. The molecule has 28 heavy (non-hydrogen) atoms. The van der Waals surface area contributed by atoms with Gasteiger partial charge in [-0.3, -0.25) is 0 Å². The minimum absolute atomic E-state index is 0.308. The van der Waals surface area contributed by atoms with Crippen molar-refractivity contribution in [1.29, 1.82) is 0 Å². The molecule has 0 radical (unpaired) electrons. The molecule has 3 aromatic rings. The van der Waals surface area contributed by atoms with E-state index in [0.29, 0.717) is 24.7 Å². The monoisotopic (exact) mass is 394 g/mol. The van der Waals surface area contributed by atoms with Gasteiger partial charge in [0.05, 0.1) is 17.6 Å². The Morgan fingerprint density at radius 3 is 2.57 bits per heavy atom. The normalized spacial score (nSPS) is 12.9. The van der Waals surface area contributed by atoms with Crippen LogP contribution in [-0.2, 0) is 4.74 Å². The van der Waals surface area contributed by atoms with Crippen molar-refractivity contribution >= 4 is 17.3 Å². The largest absolute Gasteiger partial charge is 0.485 e. The maximum atomic E-state index is 12.4. The SMILES string of the molecule is COC(=O)c1ccccc1-c1cccc(C(C)C)c1-c1scc2c1OCCO2. The second-order valence-electron chi connectivity index (χ2n) is 6.92. The van der Waals surface area contributed by atoms with Crippen molar-refractivity contribution in [3.05, 3.63) is 59.0 Å². The predicted octanol–water partition coefficient (Wildman–Crippen LogP) is 5.76. The van der Waals surface area contributed by atoms with Crippen molar-refractivity contribution in [1.82, 2.24) is 0 Å². The van der Waals surface area contributed by atoms with Crippen LogP contribution in [0.2, 0.25) is 0 Å². The lowest BCUT2D eigenvalue weighted by atomic mass is 9.87. The number of fused-ring (bicyclic) bond motifs is 1. The van der Waals surface area contributed by atoms with E-state index in [1.807, 2.05) is 29.6 Å². The first-order valence-corrected chi connectivity index (χ1v) is 10.2. The van der Waals surface area contributed by atoms with Crippen LogP contribution in [0.4, 0.5) is 0 Å². The first-order valence-electron chi connectivity index (χ1n) is 9.30. The van der Waals surface area contributed by atoms with Crippen molar-refractivity contribution in [2.75, 3.05) is 20.3 Å². The van der Waals surface area contributed by atoms with E-state index >= 15 is 0 Å². The first-order chi connectivity index (χ1) is 13.6. The quantitative estimate of drug-likeness (QED) is 0.528. The molecule has 0 amide bonds. The van der Waals surface area contributed by atoms with Crippen molar-refractivity contribution in [3.63, 3.8) is 0 Å². The standard InChI is InChI=1S/C23H22O4S/c1-14(2)15-9-6-10-17(16-7-4-5-8-18(16)23(24)25-3)20(15)22-21-19(13-28-22)26-11-12-27-21/h4-10,13-14H,11-12H2,1-3H3. The Labute approximate surface area is 168 Å². The summed E-state index contributed by atoms with van der Waals surface area (Å²) in [6.07, 6.45) is 0. The number of hydrogen-bond acceptors (Lipinski definition) is 5. The highest BCUT2D eigenvalue weighted by Gasteiger charge is 2.26. The summed E-state index contributed by atoms with van der Waals surface area (Å²) in [5.74, 6) is 1.55. The van der Waals surface area contributed by atoms with E-state index in [-0.39, 0.29) is 5.97 Å². The third-order valence-corrected chi connectivity index (χ3v) is 5.83. The summed E-state index contributed by atoms with van der Waals surface area (Å²) < 4.78 is 16.7. The first kappa shape index (κ1) is 18.6. The fourth-order valence-corrected chi connectivity index (χ4v) is 4.58. The van der Waals surface area contributed by atoms with Crippen LogP contribution in [0.15, 0.2) is 47.8 Å². The van der Waals surface area contributed by atoms with Crippen LogP contribution >= 0.6 is 11.3 Å². The third kappa shape index (κ3) is 3.16. The van der Waals surface area contributed by atoms with Crippen LogP contribution in [0.25, 0.3) is 21.6 Å². The maximum absolute atomic E-state index is 12.4. The van der Waals surface area contributed by atoms with E-state index in [4.69, 9.17) is 14.2 Å². The number of rotatable bonds is 4. The Morgan fingerprint density at radius 1 is 1.04 bits per heavy atom. The fraction of sp³-hybridized carbons (Fsp3) is 0.261. The van der Waals surface area contributed by atoms with Gasteiger partial charge in [0.15, 0.2) is 11.5 Å². The van der Waals surface area contributed by atoms with Gasteiger partial charge in [-0.05, 0) is 28.7 Å². The molecule has 4 rings (SSSR count). The van der Waals surface area contributed by atoms with E-state index in [1.54, 1.807) is 17.4 Å². The second kappa shape index (κ2) is 7.68. The summed E-state index contributed by atoms with van der Waals surface area (Å²) >= 11 is 1.61. The summed E-state index contributed by atoms with van der Waals surface area (Å²) in [6.45, 7) is 5.44. The lowest BCUT2D eigenvalue weighted by molar-refractivity contribution is 0.0601. The minimum Gasteiger partial charge on any atom is -0.485 e. The van der Waals surface area contributed by atoms with Gasteiger partial charge in [-0.25, -0.2) is 4.79 Å². The van der Waals surface area contributed by atoms with Crippen molar-refractivity contribution < 1.29 is 19.0 Å². The molecule has 0 unspecified atom stereocenters. The average molecular weight is 394 g/mol. The zero-order valence-electron chi connectivity index (χ0n) is 16.2. The zero-order valence-corrected chi connectivity index (χ0v) is 17.0. The molecule has 2 aromatic carbocycles. The molecule has 2 heterocycles. The molecular weight excluding hydrogens is 372 g/mol. The number of methoxy groups -OCH3 is 1. The van der Waals surface area contributed by atoms with Crippen LogP contribution in [0, 0.1) is 0 Å². The van der Waals surface area contributed by atoms with Crippen LogP contribution in [0.1, 0.15) is 35.7 Å². The number of carbonyl (C=O) groups excluding carboxylic acids is 1. The van der Waals surface area contributed by atoms with Gasteiger partial charge < -0.3 is 14.2 Å². The van der Waals surface area contributed by atoms with Gasteiger partial charge in [-0.1, -0.05) is 50.2 Å². The van der Waals surface area contributed by atoms with Gasteiger partial charge in [0.2, 0.25) is 0 Å². The predicted molar refractivity (Wildman–Crippen MR) is 112 cm³/mol. The topological polar surface area (TPSA) is 44.8 Å². The third-order valence-electron chi connectivity index (χ3n) is 4.87. The Kier molecular flexibility index (Phi) is 5.09. The molecule has 5 heteroatoms. The highest BCUT2D eigenvalue weighted by Crippen LogP contribution is 2.50. The number of benzene rings is 2. The van der Waals surface area contributed by atoms with Crippen molar-refractivity contribution in [3.8, 4) is 33.1 Å². The van der Waals surface area contributed by atoms with Gasteiger partial charge in [0.1, 0.15) is 13.2 Å². The molecule has 0 saturated carbocycles. The summed E-state index contributed by atoms with van der Waals surface area (Å²) in [7, 11) is 1.41. The molecule has 0 atom stereocenters. The molecule has 0 saturated heterocycles.